The van der Waals surface area contributed by atoms with Gasteiger partial charge in [0.2, 0.25) is 5.16 Å². The maximum absolute atomic E-state index is 11.1. The van der Waals surface area contributed by atoms with Crippen molar-refractivity contribution in [2.75, 3.05) is 5.75 Å². The lowest BCUT2D eigenvalue weighted by molar-refractivity contribution is -0.129. The van der Waals surface area contributed by atoms with E-state index in [4.69, 9.17) is 16.7 Å². The minimum Gasteiger partial charge on any atom is -0.477 e. The Balaban J connectivity index is 2.09. The molecule has 0 aliphatic carbocycles. The lowest BCUT2D eigenvalue weighted by Crippen LogP contribution is -2.27. The molecule has 1 aromatic carbocycles. The molecule has 8 heteroatoms. The molecule has 0 amide bonds. The number of halogens is 1. The first-order valence-corrected chi connectivity index (χ1v) is 7.92. The predicted molar refractivity (Wildman–Crippen MR) is 84.8 cm³/mol. The van der Waals surface area contributed by atoms with Crippen molar-refractivity contribution in [2.45, 2.75) is 24.4 Å². The van der Waals surface area contributed by atoms with Crippen LogP contribution in [-0.4, -0.2) is 37.4 Å². The van der Waals surface area contributed by atoms with E-state index in [9.17, 15) is 4.79 Å². The van der Waals surface area contributed by atoms with E-state index in [1.54, 1.807) is 0 Å². The van der Waals surface area contributed by atoms with Crippen molar-refractivity contribution in [3.05, 3.63) is 40.7 Å². The molecule has 2 aromatic rings. The van der Waals surface area contributed by atoms with Crippen LogP contribution in [0.5, 0.6) is 0 Å². The number of aromatic nitrogens is 3. The van der Waals surface area contributed by atoms with Gasteiger partial charge in [-0.15, -0.1) is 10.2 Å². The first kappa shape index (κ1) is 15.1. The zero-order chi connectivity index (χ0) is 15.9. The largest absolute Gasteiger partial charge is 0.477 e. The zero-order valence-corrected chi connectivity index (χ0v) is 13.5. The zero-order valence-electron chi connectivity index (χ0n) is 11.9. The topological polar surface area (TPSA) is 80.4 Å². The van der Waals surface area contributed by atoms with Gasteiger partial charge in [0.05, 0.1) is 11.2 Å². The summed E-state index contributed by atoms with van der Waals surface area (Å²) in [7, 11) is 0. The van der Waals surface area contributed by atoms with Crippen molar-refractivity contribution in [3.63, 3.8) is 0 Å². The smallest absolute Gasteiger partial charge is 0.352 e. The Bertz CT molecular complexity index is 768. The van der Waals surface area contributed by atoms with Gasteiger partial charge in [-0.25, -0.2) is 4.79 Å². The quantitative estimate of drug-likeness (QED) is 0.932. The summed E-state index contributed by atoms with van der Waals surface area (Å²) in [5.41, 5.74) is 0.598. The maximum atomic E-state index is 11.1. The molecular weight excluding hydrogens is 324 g/mol. The average molecular weight is 337 g/mol. The maximum Gasteiger partial charge on any atom is 0.352 e. The summed E-state index contributed by atoms with van der Waals surface area (Å²) in [6.45, 7) is 3.98. The van der Waals surface area contributed by atoms with Gasteiger partial charge in [-0.05, 0) is 31.5 Å². The fraction of sp³-hybridized carbons (Fsp3) is 0.286. The molecule has 0 spiro atoms. The van der Waals surface area contributed by atoms with E-state index in [1.165, 1.54) is 16.4 Å². The number of carboxylic acids is 1. The van der Waals surface area contributed by atoms with Crippen LogP contribution in [-0.2, 0) is 10.2 Å². The minimum atomic E-state index is -1.03. The second-order valence-electron chi connectivity index (χ2n) is 5.39. The third kappa shape index (κ3) is 2.50. The summed E-state index contributed by atoms with van der Waals surface area (Å²) in [6, 6.07) is 7.46. The number of hydrogen-bond acceptors (Lipinski definition) is 5. The van der Waals surface area contributed by atoms with Gasteiger partial charge in [-0.2, -0.15) is 9.78 Å². The van der Waals surface area contributed by atoms with Crippen molar-refractivity contribution in [3.8, 4) is 0 Å². The van der Waals surface area contributed by atoms with Gasteiger partial charge in [0, 0.05) is 5.02 Å². The van der Waals surface area contributed by atoms with Crippen molar-refractivity contribution < 1.29 is 9.90 Å². The minimum absolute atomic E-state index is 0.0884. The van der Waals surface area contributed by atoms with E-state index in [-0.39, 0.29) is 11.5 Å². The number of rotatable bonds is 3. The van der Waals surface area contributed by atoms with Crippen LogP contribution in [0.3, 0.4) is 0 Å². The number of aliphatic carboxylic acids is 1. The van der Waals surface area contributed by atoms with Crippen molar-refractivity contribution in [1.82, 2.24) is 14.9 Å². The Morgan fingerprint density at radius 3 is 2.64 bits per heavy atom. The third-order valence-corrected chi connectivity index (χ3v) is 4.73. The summed E-state index contributed by atoms with van der Waals surface area (Å²) in [5.74, 6) is -0.146. The first-order chi connectivity index (χ1) is 10.4. The average Bonchev–Trinajstić information content (AvgIpc) is 2.91. The van der Waals surface area contributed by atoms with Crippen LogP contribution >= 0.6 is 23.4 Å². The molecule has 3 rings (SSSR count). The Hall–Kier alpha value is -1.86. The predicted octanol–water partition coefficient (Wildman–Crippen LogP) is 2.65. The van der Waals surface area contributed by atoms with E-state index in [2.05, 4.69) is 15.3 Å². The van der Waals surface area contributed by atoms with Gasteiger partial charge >= 0.3 is 5.97 Å². The number of carbonyl (C=O) groups is 1. The van der Waals surface area contributed by atoms with E-state index in [0.717, 1.165) is 5.56 Å². The van der Waals surface area contributed by atoms with Crippen LogP contribution in [0.1, 0.15) is 25.2 Å². The number of thioether (sulfide) groups is 1. The molecule has 1 aliphatic heterocycles. The number of carboxylic acid groups (broad SMARTS) is 1. The van der Waals surface area contributed by atoms with E-state index in [1.807, 2.05) is 38.1 Å². The highest BCUT2D eigenvalue weighted by molar-refractivity contribution is 8.00. The Morgan fingerprint density at radius 1 is 1.32 bits per heavy atom. The molecule has 0 saturated heterocycles. The fourth-order valence-corrected chi connectivity index (χ4v) is 3.14. The van der Waals surface area contributed by atoms with Crippen LogP contribution in [0.4, 0.5) is 0 Å². The molecule has 22 heavy (non-hydrogen) atoms. The second-order valence-corrected chi connectivity index (χ2v) is 6.77. The van der Waals surface area contributed by atoms with Gasteiger partial charge in [0.1, 0.15) is 0 Å². The number of fused-ring (bicyclic) bond motifs is 1. The molecule has 0 atom stereocenters. The molecule has 0 unspecified atom stereocenters. The highest BCUT2D eigenvalue weighted by Gasteiger charge is 2.33. The molecule has 1 aliphatic rings. The summed E-state index contributed by atoms with van der Waals surface area (Å²) in [6.07, 6.45) is 0. The summed E-state index contributed by atoms with van der Waals surface area (Å²) in [5, 5.41) is 22.9. The molecule has 0 saturated carbocycles. The van der Waals surface area contributed by atoms with Gasteiger partial charge in [-0.1, -0.05) is 35.5 Å². The highest BCUT2D eigenvalue weighted by atomic mass is 35.5. The molecule has 1 aromatic heterocycles. The van der Waals surface area contributed by atoms with Crippen LogP contribution < -0.4 is 0 Å². The Morgan fingerprint density at radius 2 is 2.00 bits per heavy atom. The molecule has 0 bridgehead atoms. The van der Waals surface area contributed by atoms with Crippen LogP contribution in [0.15, 0.2) is 34.5 Å². The molecular formula is C14H13ClN4O2S. The van der Waals surface area contributed by atoms with Crippen LogP contribution in [0.25, 0.3) is 0 Å². The SMILES string of the molecule is CC(C)(c1ccc(Cl)cc1)c1nnc2n1N=C(C(=O)O)CS2. The third-order valence-electron chi connectivity index (χ3n) is 3.54. The lowest BCUT2D eigenvalue weighted by Gasteiger charge is -2.24. The standard InChI is InChI=1S/C14H13ClN4O2S/c1-14(2,8-3-5-9(15)6-4-8)12-16-17-13-19(12)18-10(7-22-13)11(20)21/h3-6H,7H2,1-2H3,(H,20,21). The summed E-state index contributed by atoms with van der Waals surface area (Å²) >= 11 is 7.25. The van der Waals surface area contributed by atoms with Gasteiger partial charge in [-0.3, -0.25) is 0 Å². The highest BCUT2D eigenvalue weighted by Crippen LogP contribution is 2.34. The molecule has 6 nitrogen and oxygen atoms in total. The van der Waals surface area contributed by atoms with Crippen molar-refractivity contribution >= 4 is 35.0 Å². The molecule has 0 radical (unpaired) electrons. The van der Waals surface area contributed by atoms with E-state index < -0.39 is 11.4 Å². The first-order valence-electron chi connectivity index (χ1n) is 6.55. The van der Waals surface area contributed by atoms with Gasteiger partial charge in [0.25, 0.3) is 0 Å². The molecule has 114 valence electrons. The van der Waals surface area contributed by atoms with Crippen LogP contribution in [0.2, 0.25) is 5.02 Å². The Kier molecular flexibility index (Phi) is 3.70. The van der Waals surface area contributed by atoms with E-state index in [0.29, 0.717) is 16.0 Å². The normalized spacial score (nSPS) is 14.4. The Labute approximate surface area is 136 Å². The number of hydrogen-bond donors (Lipinski definition) is 1. The summed E-state index contributed by atoms with van der Waals surface area (Å²) in [4.78, 5) is 11.1. The number of benzene rings is 1. The molecule has 0 fully saturated rings. The van der Waals surface area contributed by atoms with Crippen molar-refractivity contribution in [2.24, 2.45) is 5.10 Å². The number of nitrogens with zero attached hydrogens (tertiary/aromatic N) is 4. The van der Waals surface area contributed by atoms with Gasteiger partial charge < -0.3 is 5.11 Å². The van der Waals surface area contributed by atoms with E-state index >= 15 is 0 Å². The lowest BCUT2D eigenvalue weighted by atomic mass is 9.84. The second kappa shape index (κ2) is 5.40. The monoisotopic (exact) mass is 336 g/mol. The molecule has 1 N–H and O–H groups in total. The van der Waals surface area contributed by atoms with Gasteiger partial charge in [0.15, 0.2) is 11.5 Å². The molecule has 2 heterocycles. The fourth-order valence-electron chi connectivity index (χ4n) is 2.22. The summed E-state index contributed by atoms with van der Waals surface area (Å²) < 4.78 is 1.52. The van der Waals surface area contributed by atoms with Crippen molar-refractivity contribution in [1.29, 1.82) is 0 Å². The van der Waals surface area contributed by atoms with Crippen LogP contribution in [0, 0.1) is 0 Å².